The van der Waals surface area contributed by atoms with Crippen molar-refractivity contribution in [1.29, 1.82) is 0 Å². The number of esters is 1. The molecule has 0 amide bonds. The summed E-state index contributed by atoms with van der Waals surface area (Å²) in [7, 11) is -0.428. The monoisotopic (exact) mass is 507 g/mol. The Kier molecular flexibility index (Phi) is 8.31. The number of terminal acetylenes is 1. The maximum Gasteiger partial charge on any atom is 0.346 e. The van der Waals surface area contributed by atoms with Crippen LogP contribution in [0.4, 0.5) is 4.39 Å². The van der Waals surface area contributed by atoms with Gasteiger partial charge < -0.3 is 9.47 Å². The van der Waals surface area contributed by atoms with E-state index in [9.17, 15) is 9.18 Å². The highest BCUT2D eigenvalue weighted by atomic mass is 32.2. The van der Waals surface area contributed by atoms with Crippen LogP contribution in [0.1, 0.15) is 12.5 Å². The Morgan fingerprint density at radius 3 is 1.97 bits per heavy atom. The van der Waals surface area contributed by atoms with E-state index in [0.29, 0.717) is 5.75 Å². The number of ether oxygens (including phenoxy) is 2. The molecule has 182 valence electrons. The van der Waals surface area contributed by atoms with Gasteiger partial charge in [-0.25, -0.2) is 9.18 Å². The van der Waals surface area contributed by atoms with E-state index in [2.05, 4.69) is 29.9 Å². The van der Waals surface area contributed by atoms with Crippen LogP contribution >= 0.6 is 0 Å². The summed E-state index contributed by atoms with van der Waals surface area (Å²) >= 11 is 0. The molecule has 0 aliphatic carbocycles. The molecule has 4 rings (SSSR count). The van der Waals surface area contributed by atoms with Crippen molar-refractivity contribution in [2.75, 3.05) is 6.61 Å². The third-order valence-electron chi connectivity index (χ3n) is 5.26. The van der Waals surface area contributed by atoms with E-state index in [1.165, 1.54) is 12.1 Å². The first-order chi connectivity index (χ1) is 18.0. The van der Waals surface area contributed by atoms with E-state index in [0.717, 1.165) is 20.2 Å². The molecule has 0 aromatic heterocycles. The molecule has 0 bridgehead atoms. The minimum Gasteiger partial charge on any atom is -0.482 e. The van der Waals surface area contributed by atoms with Gasteiger partial charge in [-0.15, -0.1) is 6.42 Å². The van der Waals surface area contributed by atoms with Crippen molar-refractivity contribution in [2.24, 2.45) is 0 Å². The predicted molar refractivity (Wildman–Crippen MR) is 144 cm³/mol. The van der Waals surface area contributed by atoms with Crippen LogP contribution in [0.5, 0.6) is 5.75 Å². The zero-order valence-corrected chi connectivity index (χ0v) is 21.0. The lowest BCUT2D eigenvalue weighted by molar-refractivity contribution is -0.151. The van der Waals surface area contributed by atoms with E-state index in [1.807, 2.05) is 60.7 Å². The lowest BCUT2D eigenvalue weighted by atomic mass is 10.1. The number of hydrogen-bond donors (Lipinski definition) is 0. The van der Waals surface area contributed by atoms with Gasteiger partial charge in [0.1, 0.15) is 11.6 Å². The molecular weight excluding hydrogens is 483 g/mol. The normalized spacial score (nSPS) is 12.7. The fourth-order valence-corrected chi connectivity index (χ4v) is 5.47. The van der Waals surface area contributed by atoms with Crippen molar-refractivity contribution in [2.45, 2.75) is 27.2 Å². The number of carbonyl (C=O) groups is 1. The number of benzene rings is 4. The van der Waals surface area contributed by atoms with Gasteiger partial charge in [-0.1, -0.05) is 42.3 Å². The maximum atomic E-state index is 13.5. The molecule has 0 radical (unpaired) electrons. The number of halogens is 1. The van der Waals surface area contributed by atoms with Gasteiger partial charge in [-0.2, -0.15) is 0 Å². The van der Waals surface area contributed by atoms with Gasteiger partial charge in [0.05, 0.1) is 10.9 Å². The van der Waals surface area contributed by atoms with Gasteiger partial charge in [0, 0.05) is 5.56 Å². The zero-order chi connectivity index (χ0) is 26.1. The molecular formula is C32H24FO3S+. The standard InChI is InChI=1S/C32H24FO3S/c1-3-32(2,23-22-25-10-6-4-7-11-25)36-31(34)24-35-27-16-20-30(21-17-27)37(28-12-8-5-9-13-28)29-18-14-26(33)15-19-29/h1,4-21H,24H2,2H3/q+1. The molecule has 5 heteroatoms. The van der Waals surface area contributed by atoms with E-state index < -0.39 is 22.5 Å². The van der Waals surface area contributed by atoms with Gasteiger partial charge in [-0.3, -0.25) is 0 Å². The summed E-state index contributed by atoms with van der Waals surface area (Å²) in [6.07, 6.45) is 5.59. The van der Waals surface area contributed by atoms with Crippen LogP contribution in [0.2, 0.25) is 0 Å². The van der Waals surface area contributed by atoms with E-state index >= 15 is 0 Å². The lowest BCUT2D eigenvalue weighted by Gasteiger charge is -2.18. The van der Waals surface area contributed by atoms with Gasteiger partial charge in [0.2, 0.25) is 5.60 Å². The highest BCUT2D eigenvalue weighted by molar-refractivity contribution is 7.97. The highest BCUT2D eigenvalue weighted by Gasteiger charge is 2.29. The molecule has 4 aromatic rings. The number of carbonyl (C=O) groups excluding carboxylic acids is 1. The Morgan fingerprint density at radius 2 is 1.38 bits per heavy atom. The Hall–Kier alpha value is -4.45. The first-order valence-electron chi connectivity index (χ1n) is 11.5. The molecule has 3 nitrogen and oxygen atoms in total. The maximum absolute atomic E-state index is 13.5. The van der Waals surface area contributed by atoms with Crippen LogP contribution in [0, 0.1) is 30.0 Å². The Bertz CT molecular complexity index is 1430. The van der Waals surface area contributed by atoms with Gasteiger partial charge >= 0.3 is 5.97 Å². The summed E-state index contributed by atoms with van der Waals surface area (Å²) < 4.78 is 24.6. The van der Waals surface area contributed by atoms with Gasteiger partial charge in [0.15, 0.2) is 21.3 Å². The average molecular weight is 508 g/mol. The highest BCUT2D eigenvalue weighted by Crippen LogP contribution is 2.32. The largest absolute Gasteiger partial charge is 0.482 e. The molecule has 0 heterocycles. The predicted octanol–water partition coefficient (Wildman–Crippen LogP) is 6.29. The second kappa shape index (κ2) is 12.0. The smallest absolute Gasteiger partial charge is 0.346 e. The van der Waals surface area contributed by atoms with Crippen LogP contribution in [-0.2, 0) is 20.4 Å². The molecule has 0 N–H and O–H groups in total. The van der Waals surface area contributed by atoms with Crippen LogP contribution in [0.15, 0.2) is 124 Å². The van der Waals surface area contributed by atoms with Crippen LogP contribution in [0.3, 0.4) is 0 Å². The van der Waals surface area contributed by atoms with Crippen LogP contribution < -0.4 is 4.74 Å². The molecule has 0 saturated heterocycles. The van der Waals surface area contributed by atoms with Crippen molar-refractivity contribution >= 4 is 16.9 Å². The van der Waals surface area contributed by atoms with E-state index in [1.54, 1.807) is 31.2 Å². The Morgan fingerprint density at radius 1 is 0.838 bits per heavy atom. The lowest BCUT2D eigenvalue weighted by Crippen LogP contribution is -2.31. The summed E-state index contributed by atoms with van der Waals surface area (Å²) in [6, 6.07) is 33.4. The summed E-state index contributed by atoms with van der Waals surface area (Å²) in [5.41, 5.74) is -0.606. The minimum atomic E-state index is -1.38. The van der Waals surface area contributed by atoms with Gasteiger partial charge in [0.25, 0.3) is 0 Å². The third kappa shape index (κ3) is 7.04. The Balaban J connectivity index is 1.43. The molecule has 0 aliphatic heterocycles. The molecule has 0 fully saturated rings. The molecule has 4 aromatic carbocycles. The quantitative estimate of drug-likeness (QED) is 0.168. The summed E-state index contributed by atoms with van der Waals surface area (Å²) in [4.78, 5) is 15.6. The first-order valence-corrected chi connectivity index (χ1v) is 12.7. The summed E-state index contributed by atoms with van der Waals surface area (Å²) in [5, 5.41) is 0. The fraction of sp³-hybridized carbons (Fsp3) is 0.0938. The molecule has 0 saturated carbocycles. The third-order valence-corrected chi connectivity index (χ3v) is 7.49. The number of rotatable bonds is 7. The van der Waals surface area contributed by atoms with Crippen molar-refractivity contribution in [3.63, 3.8) is 0 Å². The van der Waals surface area contributed by atoms with E-state index in [4.69, 9.17) is 15.9 Å². The zero-order valence-electron chi connectivity index (χ0n) is 20.2. The topological polar surface area (TPSA) is 35.5 Å². The van der Waals surface area contributed by atoms with Crippen LogP contribution in [0.25, 0.3) is 0 Å². The van der Waals surface area contributed by atoms with Crippen molar-refractivity contribution in [3.05, 3.63) is 121 Å². The van der Waals surface area contributed by atoms with Crippen molar-refractivity contribution < 1.29 is 18.7 Å². The number of hydrogen-bond acceptors (Lipinski definition) is 3. The first kappa shape index (κ1) is 25.6. The summed E-state index contributed by atoms with van der Waals surface area (Å²) in [6.45, 7) is 1.25. The molecule has 0 aliphatic rings. The molecule has 37 heavy (non-hydrogen) atoms. The molecule has 2 unspecified atom stereocenters. The van der Waals surface area contributed by atoms with Crippen LogP contribution in [-0.4, -0.2) is 18.2 Å². The summed E-state index contributed by atoms with van der Waals surface area (Å²) in [5.74, 6) is 7.82. The second-order valence-corrected chi connectivity index (χ2v) is 10.1. The average Bonchev–Trinajstić information content (AvgIpc) is 2.94. The second-order valence-electron chi connectivity index (χ2n) is 8.10. The molecule has 2 atom stereocenters. The van der Waals surface area contributed by atoms with Gasteiger partial charge in [-0.05, 0) is 91.6 Å². The minimum absolute atomic E-state index is 0.275. The molecule has 0 spiro atoms. The van der Waals surface area contributed by atoms with Crippen molar-refractivity contribution in [1.82, 2.24) is 0 Å². The van der Waals surface area contributed by atoms with Crippen molar-refractivity contribution in [3.8, 4) is 29.9 Å². The Labute approximate surface area is 219 Å². The fourth-order valence-electron chi connectivity index (χ4n) is 3.41. The van der Waals surface area contributed by atoms with E-state index in [-0.39, 0.29) is 12.4 Å². The SMILES string of the molecule is C#CC(C)(C#Cc1ccccc1)OC(=O)COc1ccc([S+](c2ccccc2)c2ccc(F)cc2)cc1.